The van der Waals surface area contributed by atoms with Crippen molar-refractivity contribution in [3.8, 4) is 0 Å². The van der Waals surface area contributed by atoms with E-state index in [9.17, 15) is 8.42 Å². The normalized spacial score (nSPS) is 14.2. The third-order valence-corrected chi connectivity index (χ3v) is 4.28. The zero-order chi connectivity index (χ0) is 14.7. The third kappa shape index (κ3) is 5.83. The molecule has 1 aromatic carbocycles. The fraction of sp³-hybridized carbons (Fsp3) is 0.571. The van der Waals surface area contributed by atoms with Crippen molar-refractivity contribution in [2.24, 2.45) is 5.41 Å². The van der Waals surface area contributed by atoms with Crippen molar-refractivity contribution in [3.63, 3.8) is 0 Å². The highest BCUT2D eigenvalue weighted by molar-refractivity contribution is 7.92. The molecule has 0 saturated carbocycles. The lowest BCUT2D eigenvalue weighted by Gasteiger charge is -2.19. The van der Waals surface area contributed by atoms with Gasteiger partial charge in [0, 0.05) is 0 Å². The van der Waals surface area contributed by atoms with Crippen molar-refractivity contribution < 1.29 is 8.42 Å². The van der Waals surface area contributed by atoms with Gasteiger partial charge in [0.1, 0.15) is 0 Å². The number of hydrogen-bond acceptors (Lipinski definition) is 2. The van der Waals surface area contributed by atoms with E-state index < -0.39 is 10.0 Å². The van der Waals surface area contributed by atoms with Gasteiger partial charge in [0.25, 0.3) is 0 Å². The van der Waals surface area contributed by atoms with Crippen LogP contribution in [-0.4, -0.2) is 14.2 Å². The highest BCUT2D eigenvalue weighted by Gasteiger charge is 2.19. The van der Waals surface area contributed by atoms with E-state index in [-0.39, 0.29) is 16.5 Å². The molecule has 5 heteroatoms. The molecule has 19 heavy (non-hydrogen) atoms. The Morgan fingerprint density at radius 2 is 1.84 bits per heavy atom. The summed E-state index contributed by atoms with van der Waals surface area (Å²) in [6.07, 6.45) is 0.612. The number of sulfonamides is 1. The van der Waals surface area contributed by atoms with Crippen molar-refractivity contribution >= 4 is 27.3 Å². The zero-order valence-corrected chi connectivity index (χ0v) is 13.5. The first-order valence-corrected chi connectivity index (χ1v) is 8.43. The summed E-state index contributed by atoms with van der Waals surface area (Å²) in [5, 5.41) is -0.235. The number of anilines is 1. The van der Waals surface area contributed by atoms with Crippen LogP contribution in [0, 0.1) is 5.41 Å². The summed E-state index contributed by atoms with van der Waals surface area (Å²) in [5.41, 5.74) is 1.36. The van der Waals surface area contributed by atoms with Gasteiger partial charge in [-0.2, -0.15) is 0 Å². The predicted octanol–water partition coefficient (Wildman–Crippen LogP) is 4.16. The molecule has 1 unspecified atom stereocenters. The van der Waals surface area contributed by atoms with Crippen LogP contribution in [0.25, 0.3) is 0 Å². The van der Waals surface area contributed by atoms with Gasteiger partial charge in [0.15, 0.2) is 0 Å². The molecule has 0 heterocycles. The first kappa shape index (κ1) is 16.3. The Morgan fingerprint density at radius 3 is 2.37 bits per heavy atom. The number of rotatable bonds is 5. The lowest BCUT2D eigenvalue weighted by Crippen LogP contribution is -2.21. The molecule has 0 radical (unpaired) electrons. The zero-order valence-electron chi connectivity index (χ0n) is 11.9. The lowest BCUT2D eigenvalue weighted by molar-refractivity contribution is 0.397. The molecule has 0 aliphatic rings. The minimum Gasteiger partial charge on any atom is -0.283 e. The average Bonchev–Trinajstić information content (AvgIpc) is 2.26. The Kier molecular flexibility index (Phi) is 5.27. The van der Waals surface area contributed by atoms with E-state index in [0.717, 1.165) is 5.56 Å². The van der Waals surface area contributed by atoms with E-state index in [1.165, 1.54) is 0 Å². The van der Waals surface area contributed by atoms with Crippen LogP contribution in [0.1, 0.15) is 45.1 Å². The van der Waals surface area contributed by atoms with Crippen molar-refractivity contribution in [1.82, 2.24) is 0 Å². The van der Waals surface area contributed by atoms with E-state index in [1.807, 2.05) is 39.8 Å². The number of nitrogens with one attached hydrogen (secondary N) is 1. The predicted molar refractivity (Wildman–Crippen MR) is 82.2 cm³/mol. The maximum absolute atomic E-state index is 12.1. The van der Waals surface area contributed by atoms with E-state index in [4.69, 9.17) is 11.6 Å². The molecule has 0 spiro atoms. The first-order chi connectivity index (χ1) is 8.61. The number of benzene rings is 1. The van der Waals surface area contributed by atoms with Crippen LogP contribution in [0.4, 0.5) is 5.69 Å². The summed E-state index contributed by atoms with van der Waals surface area (Å²) >= 11 is 6.05. The minimum absolute atomic E-state index is 0.00591. The molecule has 0 aromatic heterocycles. The molecule has 0 aliphatic heterocycles. The summed E-state index contributed by atoms with van der Waals surface area (Å²) in [5.74, 6) is 0.113. The Hall–Kier alpha value is -0.740. The highest BCUT2D eigenvalue weighted by Crippen LogP contribution is 2.28. The summed E-state index contributed by atoms with van der Waals surface area (Å²) in [6, 6.07) is 7.22. The fourth-order valence-electron chi connectivity index (χ4n) is 1.60. The molecular formula is C14H22ClNO2S. The molecule has 108 valence electrons. The minimum atomic E-state index is -3.33. The van der Waals surface area contributed by atoms with Gasteiger partial charge in [-0.1, -0.05) is 39.0 Å². The molecule has 0 amide bonds. The monoisotopic (exact) mass is 303 g/mol. The maximum atomic E-state index is 12.1. The fourth-order valence-corrected chi connectivity index (χ4v) is 3.29. The lowest BCUT2D eigenvalue weighted by atomic mass is 9.94. The second-order valence-electron chi connectivity index (χ2n) is 5.93. The van der Waals surface area contributed by atoms with Gasteiger partial charge in [-0.3, -0.25) is 4.72 Å². The number of hydrogen-bond donors (Lipinski definition) is 1. The summed E-state index contributed by atoms with van der Waals surface area (Å²) in [4.78, 5) is 0. The molecular weight excluding hydrogens is 282 g/mol. The summed E-state index contributed by atoms with van der Waals surface area (Å²) in [6.45, 7) is 7.90. The molecule has 0 fully saturated rings. The number of halogens is 1. The summed E-state index contributed by atoms with van der Waals surface area (Å²) in [7, 11) is -3.33. The van der Waals surface area contributed by atoms with Crippen molar-refractivity contribution in [2.75, 3.05) is 10.5 Å². The van der Waals surface area contributed by atoms with E-state index in [0.29, 0.717) is 12.1 Å². The molecule has 1 rings (SSSR count). The Labute approximate surface area is 121 Å². The van der Waals surface area contributed by atoms with Crippen LogP contribution >= 0.6 is 11.6 Å². The van der Waals surface area contributed by atoms with E-state index in [2.05, 4.69) is 4.72 Å². The van der Waals surface area contributed by atoms with Gasteiger partial charge in [-0.15, -0.1) is 11.6 Å². The Balaban J connectivity index is 2.84. The second-order valence-corrected chi connectivity index (χ2v) is 8.43. The average molecular weight is 304 g/mol. The molecule has 1 aromatic rings. The van der Waals surface area contributed by atoms with Gasteiger partial charge in [-0.25, -0.2) is 8.42 Å². The van der Waals surface area contributed by atoms with Gasteiger partial charge in [0.05, 0.1) is 16.8 Å². The molecule has 0 aliphatic carbocycles. The van der Waals surface area contributed by atoms with Gasteiger partial charge < -0.3 is 0 Å². The first-order valence-electron chi connectivity index (χ1n) is 6.34. The Bertz CT molecular complexity index is 518. The molecule has 0 bridgehead atoms. The Morgan fingerprint density at radius 1 is 1.26 bits per heavy atom. The van der Waals surface area contributed by atoms with E-state index >= 15 is 0 Å². The van der Waals surface area contributed by atoms with E-state index in [1.54, 1.807) is 12.1 Å². The number of para-hydroxylation sites is 1. The third-order valence-electron chi connectivity index (χ3n) is 2.78. The van der Waals surface area contributed by atoms with Crippen LogP contribution in [0.3, 0.4) is 0 Å². The molecule has 3 nitrogen and oxygen atoms in total. The SMILES string of the molecule is CC(Cl)c1ccccc1NS(=O)(=O)CCC(C)(C)C. The quantitative estimate of drug-likeness (QED) is 0.830. The maximum Gasteiger partial charge on any atom is 0.232 e. The van der Waals surface area contributed by atoms with Crippen LogP contribution in [-0.2, 0) is 10.0 Å². The van der Waals surface area contributed by atoms with Gasteiger partial charge in [0.2, 0.25) is 10.0 Å². The van der Waals surface area contributed by atoms with Crippen LogP contribution < -0.4 is 4.72 Å². The molecule has 1 N–H and O–H groups in total. The summed E-state index contributed by atoms with van der Waals surface area (Å²) < 4.78 is 26.8. The number of alkyl halides is 1. The van der Waals surface area contributed by atoms with Crippen molar-refractivity contribution in [3.05, 3.63) is 29.8 Å². The van der Waals surface area contributed by atoms with Gasteiger partial charge >= 0.3 is 0 Å². The van der Waals surface area contributed by atoms with Crippen molar-refractivity contribution in [2.45, 2.75) is 39.5 Å². The topological polar surface area (TPSA) is 46.2 Å². The largest absolute Gasteiger partial charge is 0.283 e. The molecule has 0 saturated heterocycles. The van der Waals surface area contributed by atoms with Gasteiger partial charge in [-0.05, 0) is 30.4 Å². The van der Waals surface area contributed by atoms with Crippen LogP contribution in [0.15, 0.2) is 24.3 Å². The smallest absolute Gasteiger partial charge is 0.232 e. The van der Waals surface area contributed by atoms with Crippen LogP contribution in [0.5, 0.6) is 0 Å². The van der Waals surface area contributed by atoms with Crippen LogP contribution in [0.2, 0.25) is 0 Å². The second kappa shape index (κ2) is 6.14. The molecule has 1 atom stereocenters. The van der Waals surface area contributed by atoms with Crippen molar-refractivity contribution in [1.29, 1.82) is 0 Å². The standard InChI is InChI=1S/C14H22ClNO2S/c1-11(15)12-7-5-6-8-13(12)16-19(17,18)10-9-14(2,3)4/h5-8,11,16H,9-10H2,1-4H3. The highest BCUT2D eigenvalue weighted by atomic mass is 35.5.